The monoisotopic (exact) mass is 468 g/mol. The van der Waals surface area contributed by atoms with Crippen LogP contribution in [0.15, 0.2) is 23.1 Å². The summed E-state index contributed by atoms with van der Waals surface area (Å²) in [5.41, 5.74) is 0.680. The minimum atomic E-state index is -0.356. The van der Waals surface area contributed by atoms with Gasteiger partial charge >= 0.3 is 5.97 Å². The Morgan fingerprint density at radius 2 is 2.07 bits per heavy atom. The molecule has 2 rings (SSSR count). The van der Waals surface area contributed by atoms with Crippen molar-refractivity contribution in [1.82, 2.24) is 9.80 Å². The van der Waals surface area contributed by atoms with Gasteiger partial charge in [0.15, 0.2) is 0 Å². The summed E-state index contributed by atoms with van der Waals surface area (Å²) in [5.74, 6) is -0.599. The van der Waals surface area contributed by atoms with E-state index in [1.807, 2.05) is 19.0 Å². The highest BCUT2D eigenvalue weighted by Gasteiger charge is 2.32. The lowest BCUT2D eigenvalue weighted by Crippen LogP contribution is -2.31. The van der Waals surface area contributed by atoms with Crippen LogP contribution in [0.3, 0.4) is 0 Å². The van der Waals surface area contributed by atoms with E-state index in [4.69, 9.17) is 40.2 Å². The third-order valence-electron chi connectivity index (χ3n) is 3.46. The van der Waals surface area contributed by atoms with Gasteiger partial charge in [0.2, 0.25) is 0 Å². The van der Waals surface area contributed by atoms with E-state index in [0.29, 0.717) is 38.0 Å². The van der Waals surface area contributed by atoms with Crippen LogP contribution in [0.5, 0.6) is 0 Å². The molecular weight excluding hydrogens is 451 g/mol. The molecule has 1 aliphatic heterocycles. The average molecular weight is 470 g/mol. The molecule has 0 aromatic heterocycles. The van der Waals surface area contributed by atoms with E-state index in [9.17, 15) is 9.59 Å². The van der Waals surface area contributed by atoms with Crippen molar-refractivity contribution >= 4 is 81.9 Å². The fourth-order valence-electron chi connectivity index (χ4n) is 2.07. The molecule has 0 atom stereocenters. The quantitative estimate of drug-likeness (QED) is 0.340. The summed E-state index contributed by atoms with van der Waals surface area (Å²) in [5, 5.41) is 0.972. The number of halogens is 3. The van der Waals surface area contributed by atoms with Gasteiger partial charge in [-0.05, 0) is 37.9 Å². The molecule has 1 aliphatic rings. The van der Waals surface area contributed by atoms with Crippen molar-refractivity contribution in [2.24, 2.45) is 0 Å². The first kappa shape index (κ1) is 24.2. The van der Waals surface area contributed by atoms with Crippen LogP contribution in [-0.4, -0.2) is 59.8 Å². The number of esters is 1. The second-order valence-corrected chi connectivity index (χ2v) is 8.29. The highest BCUT2D eigenvalue weighted by Crippen LogP contribution is 2.34. The molecule has 1 aromatic rings. The van der Waals surface area contributed by atoms with E-state index in [0.717, 1.165) is 0 Å². The molecule has 0 radical (unpaired) electrons. The molecule has 27 heavy (non-hydrogen) atoms. The molecule has 0 spiro atoms. The van der Waals surface area contributed by atoms with Gasteiger partial charge in [-0.25, -0.2) is 0 Å². The van der Waals surface area contributed by atoms with Crippen LogP contribution in [0.25, 0.3) is 6.08 Å². The van der Waals surface area contributed by atoms with Crippen LogP contribution < -0.4 is 0 Å². The third kappa shape index (κ3) is 7.25. The fraction of sp³-hybridized carbons (Fsp3) is 0.353. The number of hydrogen-bond acceptors (Lipinski definition) is 6. The summed E-state index contributed by atoms with van der Waals surface area (Å²) in [6.07, 6.45) is 1.77. The first-order valence-corrected chi connectivity index (χ1v) is 9.77. The van der Waals surface area contributed by atoms with Gasteiger partial charge in [0.25, 0.3) is 5.91 Å². The van der Waals surface area contributed by atoms with E-state index < -0.39 is 0 Å². The zero-order valence-electron chi connectivity index (χ0n) is 14.7. The summed E-state index contributed by atoms with van der Waals surface area (Å²) < 4.78 is 5.53. The SMILES string of the molecule is CN(C)CCOC(=O)CCN1C(=O)C(=Cc2ccc(Cl)cc2Cl)SC1=S.Cl. The van der Waals surface area contributed by atoms with Crippen molar-refractivity contribution in [3.05, 3.63) is 38.7 Å². The summed E-state index contributed by atoms with van der Waals surface area (Å²) >= 11 is 18.5. The van der Waals surface area contributed by atoms with Gasteiger partial charge in [0.1, 0.15) is 10.9 Å². The molecule has 1 aromatic carbocycles. The molecule has 0 aliphatic carbocycles. The number of thioether (sulfide) groups is 1. The van der Waals surface area contributed by atoms with Crippen LogP contribution in [0.1, 0.15) is 12.0 Å². The normalized spacial score (nSPS) is 15.4. The number of amides is 1. The Bertz CT molecular complexity index is 757. The molecule has 10 heteroatoms. The van der Waals surface area contributed by atoms with Gasteiger partial charge in [0, 0.05) is 23.1 Å². The lowest BCUT2D eigenvalue weighted by Gasteiger charge is -2.14. The topological polar surface area (TPSA) is 49.9 Å². The second-order valence-electron chi connectivity index (χ2n) is 5.77. The first-order chi connectivity index (χ1) is 12.3. The Balaban J connectivity index is 0.00000364. The van der Waals surface area contributed by atoms with E-state index in [1.54, 1.807) is 24.3 Å². The van der Waals surface area contributed by atoms with Crippen molar-refractivity contribution in [2.75, 3.05) is 33.8 Å². The van der Waals surface area contributed by atoms with Crippen LogP contribution in [0.2, 0.25) is 10.0 Å². The number of carbonyl (C=O) groups excluding carboxylic acids is 2. The molecule has 1 saturated heterocycles. The number of rotatable bonds is 7. The Hall–Kier alpha value is -0.830. The molecule has 1 fully saturated rings. The largest absolute Gasteiger partial charge is 0.464 e. The highest BCUT2D eigenvalue weighted by molar-refractivity contribution is 8.26. The van der Waals surface area contributed by atoms with Crippen LogP contribution >= 0.6 is 59.6 Å². The molecule has 0 N–H and O–H groups in total. The Kier molecular flexibility index (Phi) is 10.1. The number of carbonyl (C=O) groups is 2. The predicted molar refractivity (Wildman–Crippen MR) is 118 cm³/mol. The smallest absolute Gasteiger partial charge is 0.307 e. The van der Waals surface area contributed by atoms with Gasteiger partial charge < -0.3 is 9.64 Å². The van der Waals surface area contributed by atoms with Gasteiger partial charge in [-0.3, -0.25) is 14.5 Å². The van der Waals surface area contributed by atoms with Gasteiger partial charge in [-0.2, -0.15) is 0 Å². The standard InChI is InChI=1S/C17H18Cl2N2O3S2.ClH/c1-20(2)7-8-24-15(22)5-6-21-16(23)14(26-17(21)25)9-11-3-4-12(18)10-13(11)19;/h3-4,9-10H,5-8H2,1-2H3;1H. The maximum Gasteiger partial charge on any atom is 0.307 e. The number of benzene rings is 1. The van der Waals surface area contributed by atoms with E-state index in [2.05, 4.69) is 0 Å². The highest BCUT2D eigenvalue weighted by atomic mass is 35.5. The van der Waals surface area contributed by atoms with Crippen molar-refractivity contribution in [3.8, 4) is 0 Å². The maximum atomic E-state index is 12.5. The summed E-state index contributed by atoms with van der Waals surface area (Å²) in [7, 11) is 3.79. The van der Waals surface area contributed by atoms with Crippen LogP contribution in [0.4, 0.5) is 0 Å². The minimum absolute atomic E-state index is 0. The van der Waals surface area contributed by atoms with Crippen molar-refractivity contribution < 1.29 is 14.3 Å². The molecule has 0 saturated carbocycles. The fourth-order valence-corrected chi connectivity index (χ4v) is 3.83. The number of ether oxygens (including phenoxy) is 1. The van der Waals surface area contributed by atoms with Gasteiger partial charge in [-0.1, -0.05) is 53.2 Å². The minimum Gasteiger partial charge on any atom is -0.464 e. The van der Waals surface area contributed by atoms with Crippen LogP contribution in [0, 0.1) is 0 Å². The van der Waals surface area contributed by atoms with E-state index >= 15 is 0 Å². The summed E-state index contributed by atoms with van der Waals surface area (Å²) in [6.45, 7) is 1.16. The zero-order chi connectivity index (χ0) is 19.3. The van der Waals surface area contributed by atoms with Gasteiger partial charge in [-0.15, -0.1) is 12.4 Å². The first-order valence-electron chi connectivity index (χ1n) is 7.78. The second kappa shape index (κ2) is 11.2. The Morgan fingerprint density at radius 3 is 2.70 bits per heavy atom. The molecule has 1 heterocycles. The van der Waals surface area contributed by atoms with Crippen LogP contribution in [-0.2, 0) is 14.3 Å². The van der Waals surface area contributed by atoms with Crippen molar-refractivity contribution in [2.45, 2.75) is 6.42 Å². The lowest BCUT2D eigenvalue weighted by molar-refractivity contribution is -0.144. The predicted octanol–water partition coefficient (Wildman–Crippen LogP) is 4.11. The molecule has 0 unspecified atom stereocenters. The molecule has 148 valence electrons. The van der Waals surface area contributed by atoms with Gasteiger partial charge in [0.05, 0.1) is 11.3 Å². The maximum absolute atomic E-state index is 12.5. The molecular formula is C17H19Cl3N2O3S2. The number of likely N-dealkylation sites (N-methyl/N-ethyl adjacent to an activating group) is 1. The zero-order valence-corrected chi connectivity index (χ0v) is 18.7. The van der Waals surface area contributed by atoms with E-state index in [1.165, 1.54) is 16.7 Å². The summed E-state index contributed by atoms with van der Waals surface area (Å²) in [6, 6.07) is 5.04. The molecule has 5 nitrogen and oxygen atoms in total. The number of thiocarbonyl (C=S) groups is 1. The number of nitrogens with zero attached hydrogens (tertiary/aromatic N) is 2. The summed E-state index contributed by atoms with van der Waals surface area (Å²) in [4.78, 5) is 28.1. The third-order valence-corrected chi connectivity index (χ3v) is 5.40. The van der Waals surface area contributed by atoms with E-state index in [-0.39, 0.29) is 37.2 Å². The van der Waals surface area contributed by atoms with Crippen molar-refractivity contribution in [3.63, 3.8) is 0 Å². The molecule has 0 bridgehead atoms. The Labute approximate surface area is 184 Å². The molecule has 1 amide bonds. The van der Waals surface area contributed by atoms with Crippen molar-refractivity contribution in [1.29, 1.82) is 0 Å². The lowest BCUT2D eigenvalue weighted by atomic mass is 10.2. The number of hydrogen-bond donors (Lipinski definition) is 0. The average Bonchev–Trinajstić information content (AvgIpc) is 2.81. The Morgan fingerprint density at radius 1 is 1.37 bits per heavy atom.